The summed E-state index contributed by atoms with van der Waals surface area (Å²) >= 11 is 1.30. The second-order valence-electron chi connectivity index (χ2n) is 7.10. The Morgan fingerprint density at radius 1 is 1.10 bits per heavy atom. The maximum Gasteiger partial charge on any atom is 0.259 e. The van der Waals surface area contributed by atoms with Gasteiger partial charge in [-0.1, -0.05) is 18.3 Å². The summed E-state index contributed by atoms with van der Waals surface area (Å²) in [4.78, 5) is 15.3. The van der Waals surface area contributed by atoms with E-state index >= 15 is 0 Å². The molecule has 0 aliphatic carbocycles. The third kappa shape index (κ3) is 4.88. The minimum Gasteiger partial charge on any atom is -0.379 e. The number of anilines is 2. The predicted octanol–water partition coefficient (Wildman–Crippen LogP) is 1.21. The molecule has 1 aromatic carbocycles. The molecule has 0 atom stereocenters. The zero-order chi connectivity index (χ0) is 21.8. The Bertz CT molecular complexity index is 1030. The Balaban J connectivity index is 1.68. The van der Waals surface area contributed by atoms with Crippen molar-refractivity contribution in [3.05, 3.63) is 28.8 Å². The van der Waals surface area contributed by atoms with Gasteiger partial charge in [0.1, 0.15) is 5.01 Å². The molecular formula is C19H25N5O5S2. The molecule has 2 aromatic rings. The predicted molar refractivity (Wildman–Crippen MR) is 116 cm³/mol. The number of sulfonamides is 1. The number of hydrogen-bond donors (Lipinski definition) is 1. The number of aromatic nitrogens is 2. The fourth-order valence-electron chi connectivity index (χ4n) is 3.48. The van der Waals surface area contributed by atoms with Crippen molar-refractivity contribution in [3.63, 3.8) is 0 Å². The van der Waals surface area contributed by atoms with E-state index in [1.807, 2.05) is 11.8 Å². The summed E-state index contributed by atoms with van der Waals surface area (Å²) in [6, 6.07) is 4.71. The molecule has 4 rings (SSSR count). The molecule has 2 fully saturated rings. The largest absolute Gasteiger partial charge is 0.379 e. The quantitative estimate of drug-likeness (QED) is 0.674. The Kier molecular flexibility index (Phi) is 6.82. The van der Waals surface area contributed by atoms with Crippen molar-refractivity contribution in [1.29, 1.82) is 0 Å². The van der Waals surface area contributed by atoms with Crippen LogP contribution in [0.5, 0.6) is 0 Å². The van der Waals surface area contributed by atoms with Crippen LogP contribution in [0.4, 0.5) is 10.8 Å². The van der Waals surface area contributed by atoms with Crippen LogP contribution in [-0.4, -0.2) is 81.4 Å². The highest BCUT2D eigenvalue weighted by Crippen LogP contribution is 2.28. The molecule has 2 aliphatic rings. The Morgan fingerprint density at radius 2 is 1.77 bits per heavy atom. The fraction of sp³-hybridized carbons (Fsp3) is 0.526. The first-order valence-electron chi connectivity index (χ1n) is 10.2. The third-order valence-corrected chi connectivity index (χ3v) is 8.04. The van der Waals surface area contributed by atoms with Crippen molar-refractivity contribution in [2.45, 2.75) is 18.2 Å². The molecule has 0 unspecified atom stereocenters. The first kappa shape index (κ1) is 22.1. The van der Waals surface area contributed by atoms with E-state index < -0.39 is 15.9 Å². The number of benzene rings is 1. The first-order valence-corrected chi connectivity index (χ1v) is 12.4. The highest BCUT2D eigenvalue weighted by molar-refractivity contribution is 7.89. The first-order chi connectivity index (χ1) is 15.0. The normalized spacial score (nSPS) is 18.2. The van der Waals surface area contributed by atoms with Gasteiger partial charge in [0, 0.05) is 31.9 Å². The van der Waals surface area contributed by atoms with Gasteiger partial charge in [-0.2, -0.15) is 4.31 Å². The maximum atomic E-state index is 13.2. The van der Waals surface area contributed by atoms with E-state index in [9.17, 15) is 13.2 Å². The number of ether oxygens (including phenoxy) is 2. The summed E-state index contributed by atoms with van der Waals surface area (Å²) in [6.07, 6.45) is 0.722. The zero-order valence-corrected chi connectivity index (χ0v) is 18.9. The van der Waals surface area contributed by atoms with Crippen LogP contribution in [-0.2, 0) is 25.9 Å². The van der Waals surface area contributed by atoms with Crippen molar-refractivity contribution in [2.75, 3.05) is 62.8 Å². The molecule has 3 heterocycles. The van der Waals surface area contributed by atoms with Gasteiger partial charge in [-0.05, 0) is 24.6 Å². The Hall–Kier alpha value is -2.12. The second-order valence-corrected chi connectivity index (χ2v) is 10.1. The van der Waals surface area contributed by atoms with Gasteiger partial charge >= 0.3 is 0 Å². The lowest BCUT2D eigenvalue weighted by molar-refractivity contribution is 0.0730. The molecule has 1 N–H and O–H groups in total. The van der Waals surface area contributed by atoms with Crippen LogP contribution in [0, 0.1) is 0 Å². The van der Waals surface area contributed by atoms with Crippen molar-refractivity contribution >= 4 is 38.1 Å². The number of carbonyl (C=O) groups is 1. The highest BCUT2D eigenvalue weighted by Gasteiger charge is 2.29. The van der Waals surface area contributed by atoms with E-state index in [1.54, 1.807) is 12.1 Å². The fourth-order valence-corrected chi connectivity index (χ4v) is 5.59. The molecule has 0 spiro atoms. The summed E-state index contributed by atoms with van der Waals surface area (Å²) < 4.78 is 38.3. The average Bonchev–Trinajstić information content (AvgIpc) is 3.27. The average molecular weight is 468 g/mol. The molecule has 10 nitrogen and oxygen atoms in total. The van der Waals surface area contributed by atoms with Gasteiger partial charge in [0.2, 0.25) is 15.2 Å². The summed E-state index contributed by atoms with van der Waals surface area (Å²) in [5.74, 6) is -0.417. The maximum absolute atomic E-state index is 13.2. The van der Waals surface area contributed by atoms with Crippen molar-refractivity contribution < 1.29 is 22.7 Å². The molecule has 12 heteroatoms. The number of morpholine rings is 2. The van der Waals surface area contributed by atoms with E-state index in [2.05, 4.69) is 15.5 Å². The van der Waals surface area contributed by atoms with Gasteiger partial charge in [-0.3, -0.25) is 10.1 Å². The summed E-state index contributed by atoms with van der Waals surface area (Å²) in [7, 11) is -3.73. The number of nitrogens with one attached hydrogen (secondary N) is 1. The molecule has 2 saturated heterocycles. The Morgan fingerprint density at radius 3 is 2.42 bits per heavy atom. The van der Waals surface area contributed by atoms with Crippen molar-refractivity contribution in [2.24, 2.45) is 0 Å². The van der Waals surface area contributed by atoms with Gasteiger partial charge in [-0.15, -0.1) is 10.2 Å². The lowest BCUT2D eigenvalue weighted by Gasteiger charge is -2.31. The smallest absolute Gasteiger partial charge is 0.259 e. The van der Waals surface area contributed by atoms with E-state index in [1.165, 1.54) is 21.7 Å². The number of aryl methyl sites for hydroxylation is 1. The molecule has 0 radical (unpaired) electrons. The number of amides is 1. The van der Waals surface area contributed by atoms with Crippen LogP contribution in [0.2, 0.25) is 0 Å². The van der Waals surface area contributed by atoms with Crippen LogP contribution in [0.15, 0.2) is 23.1 Å². The van der Waals surface area contributed by atoms with Gasteiger partial charge in [0.25, 0.3) is 5.91 Å². The monoisotopic (exact) mass is 467 g/mol. The Labute approximate surface area is 185 Å². The number of rotatable bonds is 6. The van der Waals surface area contributed by atoms with Crippen LogP contribution in [0.25, 0.3) is 0 Å². The van der Waals surface area contributed by atoms with Gasteiger partial charge in [0.05, 0.1) is 36.9 Å². The van der Waals surface area contributed by atoms with E-state index in [0.29, 0.717) is 63.4 Å². The summed E-state index contributed by atoms with van der Waals surface area (Å²) in [6.45, 7) is 5.59. The van der Waals surface area contributed by atoms with Gasteiger partial charge < -0.3 is 14.4 Å². The number of hydrogen-bond acceptors (Lipinski definition) is 9. The van der Waals surface area contributed by atoms with Crippen LogP contribution in [0.1, 0.15) is 22.3 Å². The molecule has 1 amide bonds. The number of nitrogens with zero attached hydrogens (tertiary/aromatic N) is 4. The molecule has 0 bridgehead atoms. The van der Waals surface area contributed by atoms with Gasteiger partial charge in [-0.25, -0.2) is 8.42 Å². The van der Waals surface area contributed by atoms with Crippen molar-refractivity contribution in [1.82, 2.24) is 14.5 Å². The summed E-state index contributed by atoms with van der Waals surface area (Å²) in [5, 5.41) is 12.0. The van der Waals surface area contributed by atoms with Crippen LogP contribution >= 0.6 is 11.3 Å². The van der Waals surface area contributed by atoms with Crippen LogP contribution < -0.4 is 10.2 Å². The zero-order valence-electron chi connectivity index (χ0n) is 17.2. The molecule has 168 valence electrons. The molecule has 2 aliphatic heterocycles. The van der Waals surface area contributed by atoms with Crippen molar-refractivity contribution in [3.8, 4) is 0 Å². The summed E-state index contributed by atoms with van der Waals surface area (Å²) in [5.41, 5.74) is 0.950. The standard InChI is InChI=1S/C19H25N5O5S2/c1-2-17-21-22-19(30-17)20-18(25)15-13-14(31(26,27)24-7-11-29-12-8-24)3-4-16(15)23-5-9-28-10-6-23/h3-4,13H,2,5-12H2,1H3,(H,20,22,25). The topological polar surface area (TPSA) is 114 Å². The van der Waals surface area contributed by atoms with Gasteiger partial charge in [0.15, 0.2) is 0 Å². The lowest BCUT2D eigenvalue weighted by atomic mass is 10.1. The second kappa shape index (κ2) is 9.57. The molecule has 1 aromatic heterocycles. The van der Waals surface area contributed by atoms with E-state index in [0.717, 1.165) is 11.4 Å². The minimum absolute atomic E-state index is 0.0862. The van der Waals surface area contributed by atoms with Crippen LogP contribution in [0.3, 0.4) is 0 Å². The minimum atomic E-state index is -3.73. The molecule has 0 saturated carbocycles. The molecule has 31 heavy (non-hydrogen) atoms. The van der Waals surface area contributed by atoms with E-state index in [4.69, 9.17) is 9.47 Å². The third-order valence-electron chi connectivity index (χ3n) is 5.16. The lowest BCUT2D eigenvalue weighted by Crippen LogP contribution is -2.41. The molecular weight excluding hydrogens is 442 g/mol. The van der Waals surface area contributed by atoms with E-state index in [-0.39, 0.29) is 10.5 Å². The highest BCUT2D eigenvalue weighted by atomic mass is 32.2. The number of carbonyl (C=O) groups excluding carboxylic acids is 1. The SMILES string of the molecule is CCc1nnc(NC(=O)c2cc(S(=O)(=O)N3CCOCC3)ccc2N2CCOCC2)s1.